The summed E-state index contributed by atoms with van der Waals surface area (Å²) in [5.74, 6) is 0.228. The molecule has 5 nitrogen and oxygen atoms in total. The van der Waals surface area contributed by atoms with Gasteiger partial charge in [-0.25, -0.2) is 0 Å². The zero-order chi connectivity index (χ0) is 9.30. The molecule has 0 atom stereocenters. The first kappa shape index (κ1) is 8.79. The van der Waals surface area contributed by atoms with Gasteiger partial charge in [-0.05, 0) is 19.1 Å². The zero-order valence-corrected chi connectivity index (χ0v) is 7.44. The van der Waals surface area contributed by atoms with Crippen LogP contribution in [0, 0.1) is 4.77 Å². The largest absolute Gasteiger partial charge is 0.391 e. The summed E-state index contributed by atoms with van der Waals surface area (Å²) in [4.78, 5) is 13.4. The number of nitrogen functional groups attached to an aromatic ring is 2. The van der Waals surface area contributed by atoms with Crippen molar-refractivity contribution in [3.8, 4) is 0 Å². The minimum Gasteiger partial charge on any atom is -0.391 e. The minimum atomic E-state index is -0.429. The van der Waals surface area contributed by atoms with Gasteiger partial charge in [-0.1, -0.05) is 0 Å². The smallest absolute Gasteiger partial charge is 0.277 e. The van der Waals surface area contributed by atoms with Crippen molar-refractivity contribution in [2.45, 2.75) is 13.5 Å². The van der Waals surface area contributed by atoms with Gasteiger partial charge in [-0.15, -0.1) is 0 Å². The second kappa shape index (κ2) is 2.98. The Bertz CT molecular complexity index is 405. The van der Waals surface area contributed by atoms with Crippen LogP contribution in [0.15, 0.2) is 4.79 Å². The highest BCUT2D eigenvalue weighted by Crippen LogP contribution is 2.07. The summed E-state index contributed by atoms with van der Waals surface area (Å²) in [6.07, 6.45) is 0. The summed E-state index contributed by atoms with van der Waals surface area (Å²) in [6.45, 7) is 2.45. The summed E-state index contributed by atoms with van der Waals surface area (Å²) in [6, 6.07) is 0. The van der Waals surface area contributed by atoms with E-state index in [1.807, 2.05) is 6.92 Å². The maximum Gasteiger partial charge on any atom is 0.277 e. The van der Waals surface area contributed by atoms with Crippen LogP contribution in [-0.2, 0) is 6.54 Å². The van der Waals surface area contributed by atoms with Crippen molar-refractivity contribution in [3.05, 3.63) is 15.1 Å². The molecule has 5 N–H and O–H groups in total. The normalized spacial score (nSPS) is 10.1. The number of nitrogens with zero attached hydrogens (tertiary/aromatic N) is 1. The standard InChI is InChI=1S/C6H10N4OS/c1-2-10-4(8)3(7)5(11)9-6(10)12/h2,7-8H2,1H3,(H,9,11,12). The Labute approximate surface area is 74.0 Å². The van der Waals surface area contributed by atoms with Gasteiger partial charge in [0.25, 0.3) is 5.56 Å². The molecule has 1 aromatic heterocycles. The number of nitrogens with one attached hydrogen (secondary N) is 1. The number of hydrogen-bond acceptors (Lipinski definition) is 4. The van der Waals surface area contributed by atoms with Crippen LogP contribution in [0.4, 0.5) is 11.5 Å². The Hall–Kier alpha value is -1.30. The van der Waals surface area contributed by atoms with E-state index < -0.39 is 5.56 Å². The molecule has 0 radical (unpaired) electrons. The van der Waals surface area contributed by atoms with Crippen LogP contribution in [0.5, 0.6) is 0 Å². The highest BCUT2D eigenvalue weighted by atomic mass is 32.1. The number of rotatable bonds is 1. The number of hydrogen-bond donors (Lipinski definition) is 3. The molecule has 0 fully saturated rings. The number of H-pyrrole nitrogens is 1. The molecule has 0 saturated carbocycles. The molecule has 12 heavy (non-hydrogen) atoms. The van der Waals surface area contributed by atoms with Crippen LogP contribution in [-0.4, -0.2) is 9.55 Å². The lowest BCUT2D eigenvalue weighted by atomic mass is 10.4. The van der Waals surface area contributed by atoms with Crippen LogP contribution in [0.25, 0.3) is 0 Å². The molecule has 1 heterocycles. The average Bonchev–Trinajstić information content (AvgIpc) is 2.01. The highest BCUT2D eigenvalue weighted by molar-refractivity contribution is 7.71. The fraction of sp³-hybridized carbons (Fsp3) is 0.333. The Morgan fingerprint density at radius 3 is 2.67 bits per heavy atom. The van der Waals surface area contributed by atoms with E-state index in [0.29, 0.717) is 11.3 Å². The van der Waals surface area contributed by atoms with Gasteiger partial charge >= 0.3 is 0 Å². The Morgan fingerprint density at radius 1 is 1.58 bits per heavy atom. The van der Waals surface area contributed by atoms with Crippen molar-refractivity contribution in [3.63, 3.8) is 0 Å². The maximum atomic E-state index is 11.0. The first-order chi connectivity index (χ1) is 5.57. The zero-order valence-electron chi connectivity index (χ0n) is 6.63. The van der Waals surface area contributed by atoms with E-state index in [-0.39, 0.29) is 11.5 Å². The molecular weight excluding hydrogens is 176 g/mol. The van der Waals surface area contributed by atoms with Gasteiger partial charge < -0.3 is 16.0 Å². The SMILES string of the molecule is CCn1c(N)c(N)c(=O)[nH]c1=S. The average molecular weight is 186 g/mol. The fourth-order valence-corrected chi connectivity index (χ4v) is 1.24. The molecule has 1 rings (SSSR count). The van der Waals surface area contributed by atoms with Gasteiger partial charge in [0.1, 0.15) is 11.5 Å². The van der Waals surface area contributed by atoms with Crippen LogP contribution in [0.3, 0.4) is 0 Å². The fourth-order valence-electron chi connectivity index (χ4n) is 0.917. The van der Waals surface area contributed by atoms with E-state index in [4.69, 9.17) is 23.7 Å². The van der Waals surface area contributed by atoms with Crippen LogP contribution in [0.2, 0.25) is 0 Å². The van der Waals surface area contributed by atoms with E-state index in [9.17, 15) is 4.79 Å². The quantitative estimate of drug-likeness (QED) is 0.542. The summed E-state index contributed by atoms with van der Waals surface area (Å²) < 4.78 is 1.86. The van der Waals surface area contributed by atoms with E-state index in [1.54, 1.807) is 4.57 Å². The van der Waals surface area contributed by atoms with Crippen LogP contribution >= 0.6 is 12.2 Å². The first-order valence-corrected chi connectivity index (χ1v) is 3.86. The van der Waals surface area contributed by atoms with E-state index in [0.717, 1.165) is 0 Å². The Kier molecular flexibility index (Phi) is 2.18. The molecular formula is C6H10N4OS. The molecule has 0 unspecified atom stereocenters. The van der Waals surface area contributed by atoms with E-state index in [2.05, 4.69) is 4.98 Å². The number of nitrogens with two attached hydrogens (primary N) is 2. The molecule has 0 aliphatic rings. The minimum absolute atomic E-state index is 0.0189. The number of aromatic amines is 1. The summed E-state index contributed by atoms with van der Waals surface area (Å²) in [7, 11) is 0. The molecule has 0 aromatic carbocycles. The lowest BCUT2D eigenvalue weighted by Gasteiger charge is -2.08. The first-order valence-electron chi connectivity index (χ1n) is 3.46. The highest BCUT2D eigenvalue weighted by Gasteiger charge is 2.04. The van der Waals surface area contributed by atoms with Crippen LogP contribution < -0.4 is 17.0 Å². The second-order valence-electron chi connectivity index (χ2n) is 2.30. The Morgan fingerprint density at radius 2 is 2.17 bits per heavy atom. The molecule has 66 valence electrons. The lowest BCUT2D eigenvalue weighted by molar-refractivity contribution is 0.730. The molecule has 0 aliphatic carbocycles. The van der Waals surface area contributed by atoms with Crippen molar-refractivity contribution < 1.29 is 0 Å². The van der Waals surface area contributed by atoms with Gasteiger partial charge in [0.2, 0.25) is 0 Å². The predicted molar refractivity (Wildman–Crippen MR) is 50.4 cm³/mol. The topological polar surface area (TPSA) is 89.8 Å². The van der Waals surface area contributed by atoms with Gasteiger partial charge in [-0.3, -0.25) is 9.78 Å². The van der Waals surface area contributed by atoms with Gasteiger partial charge in [0.15, 0.2) is 4.77 Å². The monoisotopic (exact) mass is 186 g/mol. The van der Waals surface area contributed by atoms with Crippen LogP contribution in [0.1, 0.15) is 6.92 Å². The van der Waals surface area contributed by atoms with Crippen molar-refractivity contribution in [2.24, 2.45) is 0 Å². The van der Waals surface area contributed by atoms with Gasteiger partial charge in [0.05, 0.1) is 0 Å². The third-order valence-electron chi connectivity index (χ3n) is 1.59. The third kappa shape index (κ3) is 1.20. The van der Waals surface area contributed by atoms with Crippen molar-refractivity contribution >= 4 is 23.7 Å². The van der Waals surface area contributed by atoms with Gasteiger partial charge in [-0.2, -0.15) is 0 Å². The number of anilines is 2. The number of aromatic nitrogens is 2. The molecule has 0 amide bonds. The second-order valence-corrected chi connectivity index (χ2v) is 2.69. The lowest BCUT2D eigenvalue weighted by Crippen LogP contribution is -2.21. The molecule has 0 aliphatic heterocycles. The van der Waals surface area contributed by atoms with E-state index in [1.165, 1.54) is 0 Å². The molecule has 0 bridgehead atoms. The summed E-state index contributed by atoms with van der Waals surface area (Å²) in [5.41, 5.74) is 10.5. The Balaban J connectivity index is 3.63. The third-order valence-corrected chi connectivity index (χ3v) is 1.92. The van der Waals surface area contributed by atoms with Crippen molar-refractivity contribution in [1.29, 1.82) is 0 Å². The summed E-state index contributed by atoms with van der Waals surface area (Å²) >= 11 is 4.86. The molecule has 0 spiro atoms. The van der Waals surface area contributed by atoms with E-state index >= 15 is 0 Å². The van der Waals surface area contributed by atoms with Crippen molar-refractivity contribution in [1.82, 2.24) is 9.55 Å². The van der Waals surface area contributed by atoms with Crippen molar-refractivity contribution in [2.75, 3.05) is 11.5 Å². The van der Waals surface area contributed by atoms with Gasteiger partial charge in [0, 0.05) is 6.54 Å². The molecule has 0 saturated heterocycles. The predicted octanol–water partition coefficient (Wildman–Crippen LogP) is 0.0902. The maximum absolute atomic E-state index is 11.0. The molecule has 1 aromatic rings. The molecule has 6 heteroatoms. The summed E-state index contributed by atoms with van der Waals surface area (Å²) in [5, 5.41) is 0.